The fourth-order valence-electron chi connectivity index (χ4n) is 1.49. The first-order chi connectivity index (χ1) is 6.25. The molecule has 13 heavy (non-hydrogen) atoms. The first kappa shape index (κ1) is 10.4. The highest BCUT2D eigenvalue weighted by Gasteiger charge is 2.38. The maximum absolute atomic E-state index is 11.6. The van der Waals surface area contributed by atoms with Gasteiger partial charge in [0.1, 0.15) is 0 Å². The molecule has 1 fully saturated rings. The first-order valence-electron chi connectivity index (χ1n) is 4.36. The molecule has 0 unspecified atom stereocenters. The van der Waals surface area contributed by atoms with E-state index in [0.29, 0.717) is 32.6 Å². The maximum atomic E-state index is 11.6. The summed E-state index contributed by atoms with van der Waals surface area (Å²) in [4.78, 5) is 16.2. The molecule has 5 nitrogen and oxygen atoms in total. The van der Waals surface area contributed by atoms with E-state index in [1.807, 2.05) is 0 Å². The lowest BCUT2D eigenvalue weighted by molar-refractivity contribution is -0.146. The SMILES string of the molecule is CONC(=O)C1(CN)CCOCC1. The molecule has 0 aromatic heterocycles. The number of nitrogens with two attached hydrogens (primary N) is 1. The van der Waals surface area contributed by atoms with E-state index in [0.717, 1.165) is 0 Å². The van der Waals surface area contributed by atoms with Crippen LogP contribution in [0.2, 0.25) is 0 Å². The summed E-state index contributed by atoms with van der Waals surface area (Å²) >= 11 is 0. The molecule has 5 heteroatoms. The third-order valence-corrected chi connectivity index (χ3v) is 2.52. The van der Waals surface area contributed by atoms with Gasteiger partial charge in [-0.1, -0.05) is 0 Å². The van der Waals surface area contributed by atoms with Gasteiger partial charge >= 0.3 is 0 Å². The molecule has 0 bridgehead atoms. The van der Waals surface area contributed by atoms with E-state index >= 15 is 0 Å². The van der Waals surface area contributed by atoms with Crippen molar-refractivity contribution in [3.63, 3.8) is 0 Å². The van der Waals surface area contributed by atoms with Gasteiger partial charge in [0.15, 0.2) is 0 Å². The lowest BCUT2D eigenvalue weighted by Gasteiger charge is -2.33. The fraction of sp³-hybridized carbons (Fsp3) is 0.875. The maximum Gasteiger partial charge on any atom is 0.251 e. The molecule has 1 rings (SSSR count). The van der Waals surface area contributed by atoms with Crippen LogP contribution in [0.1, 0.15) is 12.8 Å². The first-order valence-corrected chi connectivity index (χ1v) is 4.36. The second-order valence-corrected chi connectivity index (χ2v) is 3.23. The Kier molecular flexibility index (Phi) is 3.65. The molecule has 1 aliphatic rings. The average molecular weight is 188 g/mol. The van der Waals surface area contributed by atoms with E-state index in [1.54, 1.807) is 0 Å². The highest BCUT2D eigenvalue weighted by atomic mass is 16.6. The summed E-state index contributed by atoms with van der Waals surface area (Å²) < 4.78 is 5.18. The zero-order chi connectivity index (χ0) is 9.73. The molecule has 0 radical (unpaired) electrons. The topological polar surface area (TPSA) is 73.6 Å². The van der Waals surface area contributed by atoms with Crippen molar-refractivity contribution in [3.05, 3.63) is 0 Å². The van der Waals surface area contributed by atoms with Crippen LogP contribution in [0.5, 0.6) is 0 Å². The Morgan fingerprint density at radius 1 is 1.62 bits per heavy atom. The summed E-state index contributed by atoms with van der Waals surface area (Å²) in [6.45, 7) is 1.52. The highest BCUT2D eigenvalue weighted by molar-refractivity contribution is 5.82. The van der Waals surface area contributed by atoms with E-state index in [4.69, 9.17) is 10.5 Å². The molecular formula is C8H16N2O3. The standard InChI is InChI=1S/C8H16N2O3/c1-12-10-7(11)8(6-9)2-4-13-5-3-8/h2-6,9H2,1H3,(H,10,11). The van der Waals surface area contributed by atoms with E-state index in [2.05, 4.69) is 10.3 Å². The molecule has 0 aromatic rings. The van der Waals surface area contributed by atoms with Crippen LogP contribution in [0.15, 0.2) is 0 Å². The smallest absolute Gasteiger partial charge is 0.251 e. The molecule has 1 saturated heterocycles. The van der Waals surface area contributed by atoms with Gasteiger partial charge in [0.25, 0.3) is 5.91 Å². The molecule has 1 amide bonds. The number of carbonyl (C=O) groups is 1. The second-order valence-electron chi connectivity index (χ2n) is 3.23. The lowest BCUT2D eigenvalue weighted by atomic mass is 9.79. The van der Waals surface area contributed by atoms with Crippen LogP contribution in [0.4, 0.5) is 0 Å². The number of hydrogen-bond donors (Lipinski definition) is 2. The third kappa shape index (κ3) is 2.18. The van der Waals surface area contributed by atoms with Crippen LogP contribution in [-0.2, 0) is 14.4 Å². The van der Waals surface area contributed by atoms with Gasteiger partial charge in [-0.05, 0) is 12.8 Å². The Morgan fingerprint density at radius 3 is 2.69 bits per heavy atom. The summed E-state index contributed by atoms with van der Waals surface area (Å²) in [5, 5.41) is 0. The number of carbonyl (C=O) groups excluding carboxylic acids is 1. The molecule has 0 aromatic carbocycles. The van der Waals surface area contributed by atoms with E-state index in [9.17, 15) is 4.79 Å². The molecule has 0 aliphatic carbocycles. The van der Waals surface area contributed by atoms with Gasteiger partial charge in [0.05, 0.1) is 12.5 Å². The molecule has 0 atom stereocenters. The van der Waals surface area contributed by atoms with Crippen LogP contribution in [0.3, 0.4) is 0 Å². The van der Waals surface area contributed by atoms with Crippen molar-refractivity contribution in [3.8, 4) is 0 Å². The van der Waals surface area contributed by atoms with Crippen molar-refractivity contribution < 1.29 is 14.4 Å². The molecule has 0 saturated carbocycles. The van der Waals surface area contributed by atoms with Crippen molar-refractivity contribution in [2.75, 3.05) is 26.9 Å². The third-order valence-electron chi connectivity index (χ3n) is 2.52. The lowest BCUT2D eigenvalue weighted by Crippen LogP contribution is -2.48. The van der Waals surface area contributed by atoms with E-state index in [-0.39, 0.29) is 5.91 Å². The summed E-state index contributed by atoms with van der Waals surface area (Å²) in [6, 6.07) is 0. The number of amides is 1. The fourth-order valence-corrected chi connectivity index (χ4v) is 1.49. The summed E-state index contributed by atoms with van der Waals surface area (Å²) in [6.07, 6.45) is 1.33. The summed E-state index contributed by atoms with van der Waals surface area (Å²) in [5.74, 6) is -0.138. The van der Waals surface area contributed by atoms with Crippen molar-refractivity contribution in [2.45, 2.75) is 12.8 Å². The van der Waals surface area contributed by atoms with E-state index < -0.39 is 5.41 Å². The number of ether oxygens (including phenoxy) is 1. The molecule has 1 heterocycles. The van der Waals surface area contributed by atoms with Gasteiger partial charge in [0, 0.05) is 19.8 Å². The minimum absolute atomic E-state index is 0.138. The zero-order valence-corrected chi connectivity index (χ0v) is 7.84. The zero-order valence-electron chi connectivity index (χ0n) is 7.84. The van der Waals surface area contributed by atoms with Gasteiger partial charge in [-0.15, -0.1) is 0 Å². The summed E-state index contributed by atoms with van der Waals surface area (Å²) in [5.41, 5.74) is 7.44. The Morgan fingerprint density at radius 2 is 2.23 bits per heavy atom. The Labute approximate surface area is 77.5 Å². The van der Waals surface area contributed by atoms with Crippen molar-refractivity contribution >= 4 is 5.91 Å². The number of rotatable bonds is 3. The monoisotopic (exact) mass is 188 g/mol. The Bertz CT molecular complexity index is 178. The Balaban J connectivity index is 2.61. The molecule has 1 aliphatic heterocycles. The quantitative estimate of drug-likeness (QED) is 0.581. The van der Waals surface area contributed by atoms with Crippen molar-refractivity contribution in [1.82, 2.24) is 5.48 Å². The minimum atomic E-state index is -0.492. The Hall–Kier alpha value is -0.650. The van der Waals surface area contributed by atoms with Crippen LogP contribution in [-0.4, -0.2) is 32.8 Å². The molecule has 76 valence electrons. The van der Waals surface area contributed by atoms with Gasteiger partial charge in [-0.2, -0.15) is 0 Å². The van der Waals surface area contributed by atoms with Gasteiger partial charge in [0.2, 0.25) is 0 Å². The van der Waals surface area contributed by atoms with Gasteiger partial charge in [-0.25, -0.2) is 5.48 Å². The van der Waals surface area contributed by atoms with Crippen molar-refractivity contribution in [2.24, 2.45) is 11.1 Å². The average Bonchev–Trinajstić information content (AvgIpc) is 2.19. The predicted octanol–water partition coefficient (Wildman–Crippen LogP) is -0.581. The van der Waals surface area contributed by atoms with Crippen LogP contribution in [0.25, 0.3) is 0 Å². The van der Waals surface area contributed by atoms with Crippen LogP contribution in [0, 0.1) is 5.41 Å². The minimum Gasteiger partial charge on any atom is -0.381 e. The molecular weight excluding hydrogens is 172 g/mol. The van der Waals surface area contributed by atoms with Crippen molar-refractivity contribution in [1.29, 1.82) is 0 Å². The normalized spacial score (nSPS) is 21.1. The van der Waals surface area contributed by atoms with E-state index in [1.165, 1.54) is 7.11 Å². The van der Waals surface area contributed by atoms with Gasteiger partial charge < -0.3 is 10.5 Å². The van der Waals surface area contributed by atoms with Gasteiger partial charge in [-0.3, -0.25) is 9.63 Å². The molecule has 3 N–H and O–H groups in total. The second kappa shape index (κ2) is 4.55. The highest BCUT2D eigenvalue weighted by Crippen LogP contribution is 2.29. The van der Waals surface area contributed by atoms with Crippen LogP contribution < -0.4 is 11.2 Å². The van der Waals surface area contributed by atoms with Crippen LogP contribution >= 0.6 is 0 Å². The predicted molar refractivity (Wildman–Crippen MR) is 46.7 cm³/mol. The summed E-state index contributed by atoms with van der Waals surface area (Å²) in [7, 11) is 1.42. The number of nitrogens with one attached hydrogen (secondary N) is 1. The number of hydrogen-bond acceptors (Lipinski definition) is 4. The largest absolute Gasteiger partial charge is 0.381 e. The molecule has 0 spiro atoms. The number of hydroxylamine groups is 1.